The van der Waals surface area contributed by atoms with E-state index < -0.39 is 35.4 Å². The fraction of sp³-hybridized carbons (Fsp3) is 0.387. The Hall–Kier alpha value is -3.53. The summed E-state index contributed by atoms with van der Waals surface area (Å²) in [6, 6.07) is 18.6. The van der Waals surface area contributed by atoms with E-state index in [1.165, 1.54) is 12.1 Å². The van der Waals surface area contributed by atoms with Gasteiger partial charge < -0.3 is 30.5 Å². The number of hydrogen-bond donors (Lipinski definition) is 4. The van der Waals surface area contributed by atoms with Gasteiger partial charge in [-0.1, -0.05) is 30.3 Å². The third kappa shape index (κ3) is 8.24. The highest BCUT2D eigenvalue weighted by Gasteiger charge is 2.36. The molecule has 4 rings (SSSR count). The molecule has 1 fully saturated rings. The zero-order valence-corrected chi connectivity index (χ0v) is 22.8. The van der Waals surface area contributed by atoms with E-state index >= 15 is 0 Å². The first-order valence-electron chi connectivity index (χ1n) is 13.6. The number of hydrogen-bond acceptors (Lipinski definition) is 5. The minimum Gasteiger partial charge on any atom is -0.491 e. The van der Waals surface area contributed by atoms with Gasteiger partial charge in [0.15, 0.2) is 0 Å². The molecule has 2 amide bonds. The van der Waals surface area contributed by atoms with Crippen molar-refractivity contribution in [3.8, 4) is 5.75 Å². The smallest absolute Gasteiger partial charge is 0.319 e. The molecule has 0 unspecified atom stereocenters. The fourth-order valence-electron chi connectivity index (χ4n) is 4.99. The molecule has 0 radical (unpaired) electrons. The number of anilines is 1. The third-order valence-corrected chi connectivity index (χ3v) is 6.94. The van der Waals surface area contributed by atoms with Crippen molar-refractivity contribution in [1.82, 2.24) is 10.6 Å². The Bertz CT molecular complexity index is 1230. The molecule has 0 spiro atoms. The van der Waals surface area contributed by atoms with Gasteiger partial charge in [-0.2, -0.15) is 0 Å². The molecule has 1 heterocycles. The number of urea groups is 1. The van der Waals surface area contributed by atoms with Crippen LogP contribution < -0.4 is 20.7 Å². The van der Waals surface area contributed by atoms with Gasteiger partial charge in [0.1, 0.15) is 17.4 Å². The molecule has 0 aromatic heterocycles. The Morgan fingerprint density at radius 1 is 1.00 bits per heavy atom. The number of nitrogens with one attached hydrogen (secondary N) is 3. The first-order chi connectivity index (χ1) is 19.2. The van der Waals surface area contributed by atoms with E-state index in [4.69, 9.17) is 9.47 Å². The molecular formula is C31H37F2N3O4. The number of amides is 2. The number of carbonyl (C=O) groups excluding carboxylic acids is 1. The molecule has 1 aliphatic rings. The average molecular weight is 554 g/mol. The average Bonchev–Trinajstić information content (AvgIpc) is 2.92. The molecule has 7 nitrogen and oxygen atoms in total. The molecule has 0 saturated carbocycles. The third-order valence-electron chi connectivity index (χ3n) is 6.94. The maximum atomic E-state index is 13.9. The van der Waals surface area contributed by atoms with Gasteiger partial charge in [0.2, 0.25) is 0 Å². The van der Waals surface area contributed by atoms with E-state index in [2.05, 4.69) is 16.0 Å². The summed E-state index contributed by atoms with van der Waals surface area (Å²) in [6.07, 6.45) is 0.312. The Balaban J connectivity index is 1.53. The topological polar surface area (TPSA) is 91.9 Å². The van der Waals surface area contributed by atoms with E-state index in [1.807, 2.05) is 44.2 Å². The van der Waals surface area contributed by atoms with Crippen molar-refractivity contribution in [3.63, 3.8) is 0 Å². The number of aliphatic hydroxyl groups excluding tert-OH is 1. The number of carbonyl (C=O) groups is 1. The number of ether oxygens (including phenoxy) is 2. The largest absolute Gasteiger partial charge is 0.491 e. The normalized spacial score (nSPS) is 16.2. The standard InChI is InChI=1S/C31H37F2N3O4/c1-21(2)40-27-10-6-7-23(18-27)31(11-13-39-14-12-31)34-20-29(37)28(17-22-15-24(32)19-25(33)16-22)36-30(38)35-26-8-4-3-5-9-26/h3-10,15-16,18-19,21,28-29,34,37H,11-14,17,20H2,1-2H3,(H2,35,36,38)/t28-,29-/m1/s1. The second-order valence-corrected chi connectivity index (χ2v) is 10.4. The highest BCUT2D eigenvalue weighted by atomic mass is 19.1. The summed E-state index contributed by atoms with van der Waals surface area (Å²) in [5, 5.41) is 20.4. The van der Waals surface area contributed by atoms with E-state index in [0.29, 0.717) is 37.3 Å². The number of benzene rings is 3. The summed E-state index contributed by atoms with van der Waals surface area (Å²) in [6.45, 7) is 5.14. The SMILES string of the molecule is CC(C)Oc1cccc(C2(NC[C@@H](O)[C@@H](Cc3cc(F)cc(F)c3)NC(=O)Nc3ccccc3)CCOCC2)c1. The Morgan fingerprint density at radius 3 is 2.38 bits per heavy atom. The van der Waals surface area contributed by atoms with Crippen LogP contribution in [0.2, 0.25) is 0 Å². The Labute approximate surface area is 233 Å². The highest BCUT2D eigenvalue weighted by Crippen LogP contribution is 2.34. The zero-order chi connectivity index (χ0) is 28.5. The van der Waals surface area contributed by atoms with Crippen LogP contribution in [-0.2, 0) is 16.7 Å². The molecule has 0 bridgehead atoms. The summed E-state index contributed by atoms with van der Waals surface area (Å²) >= 11 is 0. The van der Waals surface area contributed by atoms with E-state index in [1.54, 1.807) is 24.3 Å². The summed E-state index contributed by atoms with van der Waals surface area (Å²) in [5.74, 6) is -0.689. The molecule has 1 aliphatic heterocycles. The lowest BCUT2D eigenvalue weighted by molar-refractivity contribution is 0.0271. The monoisotopic (exact) mass is 553 g/mol. The van der Waals surface area contributed by atoms with Crippen molar-refractivity contribution < 1.29 is 28.2 Å². The molecule has 40 heavy (non-hydrogen) atoms. The molecule has 0 aliphatic carbocycles. The summed E-state index contributed by atoms with van der Waals surface area (Å²) in [7, 11) is 0. The predicted molar refractivity (Wildman–Crippen MR) is 150 cm³/mol. The maximum Gasteiger partial charge on any atom is 0.319 e. The Morgan fingerprint density at radius 2 is 1.70 bits per heavy atom. The molecule has 9 heteroatoms. The molecule has 1 saturated heterocycles. The van der Waals surface area contributed by atoms with Crippen molar-refractivity contribution in [3.05, 3.63) is 95.6 Å². The lowest BCUT2D eigenvalue weighted by Gasteiger charge is -2.40. The number of aliphatic hydroxyl groups is 1. The van der Waals surface area contributed by atoms with Gasteiger partial charge in [-0.25, -0.2) is 13.6 Å². The highest BCUT2D eigenvalue weighted by molar-refractivity contribution is 5.89. The van der Waals surface area contributed by atoms with Crippen molar-refractivity contribution in [1.29, 1.82) is 0 Å². The van der Waals surface area contributed by atoms with Crippen molar-refractivity contribution in [2.24, 2.45) is 0 Å². The van der Waals surface area contributed by atoms with E-state index in [-0.39, 0.29) is 19.1 Å². The van der Waals surface area contributed by atoms with Gasteiger partial charge in [-0.3, -0.25) is 0 Å². The fourth-order valence-corrected chi connectivity index (χ4v) is 4.99. The van der Waals surface area contributed by atoms with Crippen LogP contribution in [0.1, 0.15) is 37.8 Å². The summed E-state index contributed by atoms with van der Waals surface area (Å²) in [4.78, 5) is 12.8. The predicted octanol–water partition coefficient (Wildman–Crippen LogP) is 5.14. The number of para-hydroxylation sites is 1. The van der Waals surface area contributed by atoms with Crippen molar-refractivity contribution in [2.45, 2.75) is 56.9 Å². The zero-order valence-electron chi connectivity index (χ0n) is 22.8. The van der Waals surface area contributed by atoms with Crippen LogP contribution in [0.3, 0.4) is 0 Å². The lowest BCUT2D eigenvalue weighted by atomic mass is 9.82. The molecule has 2 atom stereocenters. The minimum absolute atomic E-state index is 0.0214. The van der Waals surface area contributed by atoms with Gasteiger partial charge in [0.05, 0.1) is 18.2 Å². The van der Waals surface area contributed by atoms with Gasteiger partial charge in [0.25, 0.3) is 0 Å². The van der Waals surface area contributed by atoms with Crippen LogP contribution in [0.4, 0.5) is 19.3 Å². The first-order valence-corrected chi connectivity index (χ1v) is 13.6. The van der Waals surface area contributed by atoms with Crippen molar-refractivity contribution in [2.75, 3.05) is 25.1 Å². The van der Waals surface area contributed by atoms with Crippen LogP contribution in [0.15, 0.2) is 72.8 Å². The van der Waals surface area contributed by atoms with Crippen LogP contribution in [0, 0.1) is 11.6 Å². The van der Waals surface area contributed by atoms with Crippen molar-refractivity contribution >= 4 is 11.7 Å². The molecule has 3 aromatic carbocycles. The van der Waals surface area contributed by atoms with Gasteiger partial charge in [0, 0.05) is 37.1 Å². The molecule has 3 aromatic rings. The first kappa shape index (κ1) is 29.5. The molecule has 4 N–H and O–H groups in total. The van der Waals surface area contributed by atoms with E-state index in [0.717, 1.165) is 17.4 Å². The maximum absolute atomic E-state index is 13.9. The molecular weight excluding hydrogens is 516 g/mol. The quantitative estimate of drug-likeness (QED) is 0.264. The van der Waals surface area contributed by atoms with Gasteiger partial charge >= 0.3 is 6.03 Å². The number of halogens is 2. The number of rotatable bonds is 11. The van der Waals surface area contributed by atoms with Gasteiger partial charge in [-0.05, 0) is 80.6 Å². The Kier molecular flexibility index (Phi) is 10.1. The van der Waals surface area contributed by atoms with Crippen LogP contribution in [0.25, 0.3) is 0 Å². The van der Waals surface area contributed by atoms with Crippen LogP contribution in [-0.4, -0.2) is 49.1 Å². The lowest BCUT2D eigenvalue weighted by Crippen LogP contribution is -2.54. The second-order valence-electron chi connectivity index (χ2n) is 10.4. The minimum atomic E-state index is -1.08. The second kappa shape index (κ2) is 13.7. The van der Waals surface area contributed by atoms with Gasteiger partial charge in [-0.15, -0.1) is 0 Å². The summed E-state index contributed by atoms with van der Waals surface area (Å²) in [5.41, 5.74) is 1.42. The summed E-state index contributed by atoms with van der Waals surface area (Å²) < 4.78 is 39.4. The molecule has 214 valence electrons. The van der Waals surface area contributed by atoms with Crippen LogP contribution in [0.5, 0.6) is 5.75 Å². The van der Waals surface area contributed by atoms with E-state index in [9.17, 15) is 18.7 Å². The van der Waals surface area contributed by atoms with Crippen LogP contribution >= 0.6 is 0 Å².